The number of ether oxygens (including phenoxy) is 1. The second-order valence-corrected chi connectivity index (χ2v) is 6.27. The van der Waals surface area contributed by atoms with E-state index in [1.54, 1.807) is 12.3 Å². The van der Waals surface area contributed by atoms with Crippen LogP contribution in [0.4, 0.5) is 0 Å². The standard InChI is InChI=1S/C14H23NO3S/c1-4-18-13-7-5-6-12(14(13)16)10-15-9-8-11(2)19(3)17/h5-7,11,15-16H,4,8-10H2,1-3H3. The van der Waals surface area contributed by atoms with E-state index >= 15 is 0 Å². The number of phenols is 1. The van der Waals surface area contributed by atoms with Gasteiger partial charge in [0, 0.05) is 34.4 Å². The van der Waals surface area contributed by atoms with Crippen molar-refractivity contribution in [3.05, 3.63) is 23.8 Å². The lowest BCUT2D eigenvalue weighted by Crippen LogP contribution is -2.21. The molecule has 1 aromatic carbocycles. The molecule has 19 heavy (non-hydrogen) atoms. The fourth-order valence-corrected chi connectivity index (χ4v) is 2.13. The van der Waals surface area contributed by atoms with E-state index in [9.17, 15) is 9.32 Å². The zero-order chi connectivity index (χ0) is 14.3. The Morgan fingerprint density at radius 1 is 1.47 bits per heavy atom. The second-order valence-electron chi connectivity index (χ2n) is 4.47. The highest BCUT2D eigenvalue weighted by Gasteiger charge is 2.08. The SMILES string of the molecule is CCOc1cccc(CNCCC(C)S(C)=O)c1O. The van der Waals surface area contributed by atoms with Gasteiger partial charge in [0.1, 0.15) is 0 Å². The van der Waals surface area contributed by atoms with Crippen LogP contribution in [0.15, 0.2) is 18.2 Å². The van der Waals surface area contributed by atoms with Gasteiger partial charge in [0.2, 0.25) is 0 Å². The smallest absolute Gasteiger partial charge is 0.162 e. The molecule has 1 aromatic rings. The van der Waals surface area contributed by atoms with E-state index in [-0.39, 0.29) is 11.0 Å². The van der Waals surface area contributed by atoms with Crippen LogP contribution in [0.5, 0.6) is 11.5 Å². The van der Waals surface area contributed by atoms with E-state index in [0.717, 1.165) is 18.5 Å². The Hall–Kier alpha value is -1.07. The Morgan fingerprint density at radius 2 is 2.21 bits per heavy atom. The Bertz CT molecular complexity index is 423. The fraction of sp³-hybridized carbons (Fsp3) is 0.571. The van der Waals surface area contributed by atoms with Crippen molar-refractivity contribution in [1.29, 1.82) is 0 Å². The van der Waals surface area contributed by atoms with Crippen molar-refractivity contribution < 1.29 is 14.1 Å². The first-order valence-corrected chi connectivity index (χ1v) is 8.15. The zero-order valence-corrected chi connectivity index (χ0v) is 12.6. The number of benzene rings is 1. The van der Waals surface area contributed by atoms with Crippen LogP contribution in [0.1, 0.15) is 25.8 Å². The van der Waals surface area contributed by atoms with Crippen molar-refractivity contribution >= 4 is 10.8 Å². The molecule has 1 rings (SSSR count). The predicted molar refractivity (Wildman–Crippen MR) is 79.1 cm³/mol. The van der Waals surface area contributed by atoms with E-state index in [2.05, 4.69) is 5.32 Å². The third-order valence-electron chi connectivity index (χ3n) is 2.99. The van der Waals surface area contributed by atoms with Crippen LogP contribution in [0, 0.1) is 0 Å². The normalized spacial score (nSPS) is 14.1. The molecule has 2 N–H and O–H groups in total. The number of phenolic OH excluding ortho intramolecular Hbond substituents is 1. The maximum absolute atomic E-state index is 11.2. The van der Waals surface area contributed by atoms with Gasteiger partial charge in [0.25, 0.3) is 0 Å². The number of rotatable bonds is 8. The largest absolute Gasteiger partial charge is 0.504 e. The van der Waals surface area contributed by atoms with Crippen molar-refractivity contribution in [2.75, 3.05) is 19.4 Å². The summed E-state index contributed by atoms with van der Waals surface area (Å²) in [5.41, 5.74) is 0.816. The molecule has 0 fully saturated rings. The van der Waals surface area contributed by atoms with Gasteiger partial charge in [0.15, 0.2) is 11.5 Å². The van der Waals surface area contributed by atoms with Crippen LogP contribution in [0.3, 0.4) is 0 Å². The van der Waals surface area contributed by atoms with Crippen LogP contribution in [-0.2, 0) is 17.3 Å². The molecule has 5 heteroatoms. The third kappa shape index (κ3) is 5.20. The van der Waals surface area contributed by atoms with E-state index < -0.39 is 10.8 Å². The van der Waals surface area contributed by atoms with Crippen molar-refractivity contribution in [2.45, 2.75) is 32.1 Å². The Balaban J connectivity index is 2.45. The molecule has 2 unspecified atom stereocenters. The fourth-order valence-electron chi connectivity index (χ4n) is 1.68. The van der Waals surface area contributed by atoms with Gasteiger partial charge in [-0.05, 0) is 26.0 Å². The average Bonchev–Trinajstić information content (AvgIpc) is 2.38. The molecule has 0 bridgehead atoms. The topological polar surface area (TPSA) is 58.6 Å². The number of para-hydroxylation sites is 1. The van der Waals surface area contributed by atoms with E-state index in [4.69, 9.17) is 4.74 Å². The first-order chi connectivity index (χ1) is 9.06. The Kier molecular flexibility index (Phi) is 6.87. The van der Waals surface area contributed by atoms with Crippen molar-refractivity contribution in [1.82, 2.24) is 5.32 Å². The molecular weight excluding hydrogens is 262 g/mol. The van der Waals surface area contributed by atoms with Gasteiger partial charge >= 0.3 is 0 Å². The number of nitrogens with one attached hydrogen (secondary N) is 1. The monoisotopic (exact) mass is 285 g/mol. The number of hydrogen-bond donors (Lipinski definition) is 2. The molecule has 0 heterocycles. The summed E-state index contributed by atoms with van der Waals surface area (Å²) in [5, 5.41) is 13.4. The molecule has 0 saturated carbocycles. The van der Waals surface area contributed by atoms with Crippen molar-refractivity contribution in [3.63, 3.8) is 0 Å². The van der Waals surface area contributed by atoms with E-state index in [1.807, 2.05) is 26.0 Å². The Labute approximate surface area is 117 Å². The second kappa shape index (κ2) is 8.17. The summed E-state index contributed by atoms with van der Waals surface area (Å²) in [7, 11) is -0.778. The molecule has 0 radical (unpaired) electrons. The van der Waals surface area contributed by atoms with E-state index in [0.29, 0.717) is 18.9 Å². The summed E-state index contributed by atoms with van der Waals surface area (Å²) in [6, 6.07) is 5.49. The average molecular weight is 285 g/mol. The zero-order valence-electron chi connectivity index (χ0n) is 11.8. The van der Waals surface area contributed by atoms with Gasteiger partial charge in [-0.3, -0.25) is 4.21 Å². The van der Waals surface area contributed by atoms with Gasteiger partial charge < -0.3 is 15.2 Å². The maximum Gasteiger partial charge on any atom is 0.162 e. The quantitative estimate of drug-likeness (QED) is 0.718. The molecule has 108 valence electrons. The molecule has 0 aliphatic carbocycles. The lowest BCUT2D eigenvalue weighted by Gasteiger charge is -2.12. The minimum absolute atomic E-state index is 0.191. The molecular formula is C14H23NO3S. The molecule has 0 aliphatic rings. The van der Waals surface area contributed by atoms with Gasteiger partial charge in [-0.2, -0.15) is 0 Å². The molecule has 0 spiro atoms. The molecule has 2 atom stereocenters. The molecule has 4 nitrogen and oxygen atoms in total. The molecule has 0 amide bonds. The van der Waals surface area contributed by atoms with Gasteiger partial charge in [-0.15, -0.1) is 0 Å². The molecule has 0 aromatic heterocycles. The first kappa shape index (κ1) is 16.0. The van der Waals surface area contributed by atoms with Crippen LogP contribution >= 0.6 is 0 Å². The van der Waals surface area contributed by atoms with Gasteiger partial charge in [0.05, 0.1) is 6.61 Å². The lowest BCUT2D eigenvalue weighted by atomic mass is 10.2. The Morgan fingerprint density at radius 3 is 2.84 bits per heavy atom. The summed E-state index contributed by atoms with van der Waals surface area (Å²) >= 11 is 0. The highest BCUT2D eigenvalue weighted by molar-refractivity contribution is 7.84. The van der Waals surface area contributed by atoms with Crippen LogP contribution in [-0.4, -0.2) is 34.0 Å². The maximum atomic E-state index is 11.2. The summed E-state index contributed by atoms with van der Waals surface area (Å²) in [5.74, 6) is 0.716. The van der Waals surface area contributed by atoms with Crippen molar-refractivity contribution in [2.24, 2.45) is 0 Å². The third-order valence-corrected chi connectivity index (χ3v) is 4.36. The van der Waals surface area contributed by atoms with Gasteiger partial charge in [-0.25, -0.2) is 0 Å². The summed E-state index contributed by atoms with van der Waals surface area (Å²) in [4.78, 5) is 0. The van der Waals surface area contributed by atoms with E-state index in [1.165, 1.54) is 0 Å². The van der Waals surface area contributed by atoms with Crippen LogP contribution in [0.25, 0.3) is 0 Å². The minimum Gasteiger partial charge on any atom is -0.504 e. The summed E-state index contributed by atoms with van der Waals surface area (Å²) in [6.07, 6.45) is 2.58. The molecule has 0 aliphatic heterocycles. The minimum atomic E-state index is -0.778. The van der Waals surface area contributed by atoms with Crippen molar-refractivity contribution in [3.8, 4) is 11.5 Å². The summed E-state index contributed by atoms with van der Waals surface area (Å²) in [6.45, 7) is 5.75. The van der Waals surface area contributed by atoms with Gasteiger partial charge in [-0.1, -0.05) is 19.1 Å². The molecule has 0 saturated heterocycles. The lowest BCUT2D eigenvalue weighted by molar-refractivity contribution is 0.316. The number of hydrogen-bond acceptors (Lipinski definition) is 4. The first-order valence-electron chi connectivity index (χ1n) is 6.52. The highest BCUT2D eigenvalue weighted by atomic mass is 32.2. The highest BCUT2D eigenvalue weighted by Crippen LogP contribution is 2.29. The number of aromatic hydroxyl groups is 1. The predicted octanol–water partition coefficient (Wildman–Crippen LogP) is 2.04. The van der Waals surface area contributed by atoms with Crippen LogP contribution in [0.2, 0.25) is 0 Å². The van der Waals surface area contributed by atoms with Crippen LogP contribution < -0.4 is 10.1 Å². The summed E-state index contributed by atoms with van der Waals surface area (Å²) < 4.78 is 16.5.